The molecule has 0 fully saturated rings. The maximum atomic E-state index is 6.15. The van der Waals surface area contributed by atoms with Gasteiger partial charge in [0.15, 0.2) is 0 Å². The summed E-state index contributed by atoms with van der Waals surface area (Å²) in [6.45, 7) is 2.17. The fourth-order valence-electron chi connectivity index (χ4n) is 9.84. The minimum atomic E-state index is 0.905. The summed E-state index contributed by atoms with van der Waals surface area (Å²) < 4.78 is 11.2. The molecule has 4 heteroatoms. The van der Waals surface area contributed by atoms with Gasteiger partial charge in [0, 0.05) is 64.5 Å². The normalized spacial score (nSPS) is 11.8. The van der Waals surface area contributed by atoms with Crippen molar-refractivity contribution in [2.24, 2.45) is 0 Å². The lowest BCUT2D eigenvalue weighted by molar-refractivity contribution is 0.669. The average Bonchev–Trinajstić information content (AvgIpc) is 4.03. The summed E-state index contributed by atoms with van der Waals surface area (Å²) in [4.78, 5) is 2.36. The summed E-state index contributed by atoms with van der Waals surface area (Å²) in [6.07, 6.45) is 0. The summed E-state index contributed by atoms with van der Waals surface area (Å²) in [6, 6.07) is 81.7. The average molecular weight is 849 g/mol. The Morgan fingerprint density at radius 3 is 1.51 bits per heavy atom. The number of hydrogen-bond acceptors (Lipinski definition) is 3. The number of benzene rings is 10. The van der Waals surface area contributed by atoms with Crippen molar-refractivity contribution in [2.45, 2.75) is 6.92 Å². The van der Waals surface area contributed by atoms with E-state index in [0.29, 0.717) is 0 Å². The monoisotopic (exact) mass is 848 g/mol. The first kappa shape index (κ1) is 37.4. The van der Waals surface area contributed by atoms with E-state index in [1.165, 1.54) is 75.5 Å². The van der Waals surface area contributed by atoms with Gasteiger partial charge in [0.25, 0.3) is 0 Å². The van der Waals surface area contributed by atoms with Crippen LogP contribution in [0.2, 0.25) is 0 Å². The number of aryl methyl sites for hydroxylation is 1. The lowest BCUT2D eigenvalue weighted by atomic mass is 10.0. The van der Waals surface area contributed by atoms with Crippen molar-refractivity contribution in [1.82, 2.24) is 4.57 Å². The van der Waals surface area contributed by atoms with E-state index in [9.17, 15) is 0 Å². The second kappa shape index (κ2) is 15.0. The third kappa shape index (κ3) is 6.33. The highest BCUT2D eigenvalue weighted by atomic mass is 32.1. The Kier molecular flexibility index (Phi) is 8.62. The first-order valence-corrected chi connectivity index (χ1v) is 23.0. The predicted octanol–water partition coefficient (Wildman–Crippen LogP) is 17.8. The second-order valence-corrected chi connectivity index (χ2v) is 18.1. The summed E-state index contributed by atoms with van der Waals surface area (Å²) >= 11 is 1.86. The van der Waals surface area contributed by atoms with Gasteiger partial charge >= 0.3 is 0 Å². The first-order valence-electron chi connectivity index (χ1n) is 22.1. The molecule has 0 bridgehead atoms. The molecule has 0 amide bonds. The van der Waals surface area contributed by atoms with Gasteiger partial charge in [-0.05, 0) is 149 Å². The van der Waals surface area contributed by atoms with E-state index in [-0.39, 0.29) is 0 Å². The van der Waals surface area contributed by atoms with Crippen molar-refractivity contribution >= 4 is 92.3 Å². The molecular weight excluding hydrogens is 809 g/mol. The Morgan fingerprint density at radius 1 is 0.354 bits per heavy atom. The number of thiophene rings is 1. The van der Waals surface area contributed by atoms with Crippen LogP contribution >= 0.6 is 11.3 Å². The maximum absolute atomic E-state index is 6.15. The molecule has 0 radical (unpaired) electrons. The quantitative estimate of drug-likeness (QED) is 0.159. The number of aromatic nitrogens is 1. The Labute approximate surface area is 380 Å². The molecule has 0 atom stereocenters. The van der Waals surface area contributed by atoms with Crippen molar-refractivity contribution in [3.05, 3.63) is 230 Å². The molecule has 306 valence electrons. The van der Waals surface area contributed by atoms with Crippen LogP contribution in [0.3, 0.4) is 0 Å². The van der Waals surface area contributed by atoms with Gasteiger partial charge in [-0.2, -0.15) is 0 Å². The number of hydrogen-bond donors (Lipinski definition) is 0. The van der Waals surface area contributed by atoms with E-state index in [0.717, 1.165) is 50.1 Å². The Bertz CT molecular complexity index is 3770. The van der Waals surface area contributed by atoms with Gasteiger partial charge in [-0.25, -0.2) is 0 Å². The summed E-state index contributed by atoms with van der Waals surface area (Å²) in [5.41, 5.74) is 17.0. The molecule has 0 aliphatic carbocycles. The van der Waals surface area contributed by atoms with Crippen LogP contribution in [0, 0.1) is 6.92 Å². The van der Waals surface area contributed by atoms with Gasteiger partial charge in [0.05, 0.1) is 11.0 Å². The molecule has 0 aliphatic rings. The summed E-state index contributed by atoms with van der Waals surface area (Å²) in [7, 11) is 0. The van der Waals surface area contributed by atoms with Gasteiger partial charge in [-0.3, -0.25) is 0 Å². The molecule has 3 nitrogen and oxygen atoms in total. The van der Waals surface area contributed by atoms with Crippen LogP contribution in [0.5, 0.6) is 0 Å². The van der Waals surface area contributed by atoms with Crippen molar-refractivity contribution < 1.29 is 4.42 Å². The molecule has 3 heterocycles. The van der Waals surface area contributed by atoms with E-state index in [1.54, 1.807) is 0 Å². The van der Waals surface area contributed by atoms with Crippen molar-refractivity contribution in [3.63, 3.8) is 0 Å². The molecule has 13 aromatic rings. The molecule has 0 unspecified atom stereocenters. The SMILES string of the molecule is Cc1ccc2c(c1)c1cc(-c3ccc(N(c4ccc(-c5ccc6oc7ccccc7c6c5)cc4)c4ccc(-c5ccc6sc7ccccc7c6c5)cc4)cc3)ccc1n2-c1ccccc1. The van der Waals surface area contributed by atoms with E-state index in [4.69, 9.17) is 4.42 Å². The Morgan fingerprint density at radius 2 is 0.831 bits per heavy atom. The minimum absolute atomic E-state index is 0.905. The highest BCUT2D eigenvalue weighted by Gasteiger charge is 2.17. The zero-order chi connectivity index (χ0) is 43.0. The predicted molar refractivity (Wildman–Crippen MR) is 277 cm³/mol. The van der Waals surface area contributed by atoms with E-state index < -0.39 is 0 Å². The number of nitrogens with zero attached hydrogens (tertiary/aromatic N) is 2. The lowest BCUT2D eigenvalue weighted by Gasteiger charge is -2.26. The Hall–Kier alpha value is -8.18. The minimum Gasteiger partial charge on any atom is -0.456 e. The van der Waals surface area contributed by atoms with Crippen LogP contribution in [0.4, 0.5) is 17.1 Å². The smallest absolute Gasteiger partial charge is 0.135 e. The fourth-order valence-corrected chi connectivity index (χ4v) is 10.9. The molecule has 3 aromatic heterocycles. The van der Waals surface area contributed by atoms with Crippen LogP contribution in [-0.4, -0.2) is 4.57 Å². The van der Waals surface area contributed by atoms with E-state index >= 15 is 0 Å². The topological polar surface area (TPSA) is 21.3 Å². The number of furan rings is 1. The van der Waals surface area contributed by atoms with E-state index in [1.807, 2.05) is 23.5 Å². The second-order valence-electron chi connectivity index (χ2n) is 17.0. The number of rotatable bonds is 7. The van der Waals surface area contributed by atoms with Crippen molar-refractivity contribution in [1.29, 1.82) is 0 Å². The third-order valence-corrected chi connectivity index (χ3v) is 14.2. The van der Waals surface area contributed by atoms with Crippen LogP contribution in [0.15, 0.2) is 229 Å². The zero-order valence-electron chi connectivity index (χ0n) is 35.6. The van der Waals surface area contributed by atoms with Gasteiger partial charge in [0.1, 0.15) is 11.2 Å². The van der Waals surface area contributed by atoms with E-state index in [2.05, 4.69) is 229 Å². The number of fused-ring (bicyclic) bond motifs is 9. The van der Waals surface area contributed by atoms with Gasteiger partial charge in [-0.1, -0.05) is 121 Å². The molecular formula is C61H40N2OS. The molecule has 0 saturated heterocycles. The Balaban J connectivity index is 0.885. The molecule has 10 aromatic carbocycles. The van der Waals surface area contributed by atoms with Crippen LogP contribution in [-0.2, 0) is 0 Å². The lowest BCUT2D eigenvalue weighted by Crippen LogP contribution is -2.09. The first-order chi connectivity index (χ1) is 32.1. The highest BCUT2D eigenvalue weighted by Crippen LogP contribution is 2.42. The van der Waals surface area contributed by atoms with Gasteiger partial charge in [0.2, 0.25) is 0 Å². The van der Waals surface area contributed by atoms with Crippen LogP contribution < -0.4 is 4.90 Å². The maximum Gasteiger partial charge on any atom is 0.135 e. The molecule has 0 spiro atoms. The molecule has 0 aliphatic heterocycles. The van der Waals surface area contributed by atoms with Crippen LogP contribution in [0.1, 0.15) is 5.56 Å². The molecule has 0 saturated carbocycles. The molecule has 65 heavy (non-hydrogen) atoms. The summed E-state index contributed by atoms with van der Waals surface area (Å²) in [5.74, 6) is 0. The highest BCUT2D eigenvalue weighted by molar-refractivity contribution is 7.25. The third-order valence-electron chi connectivity index (χ3n) is 13.1. The van der Waals surface area contributed by atoms with Crippen LogP contribution in [0.25, 0.3) is 103 Å². The largest absolute Gasteiger partial charge is 0.456 e. The molecule has 0 N–H and O–H groups in total. The molecule has 13 rings (SSSR count). The fraction of sp³-hybridized carbons (Fsp3) is 0.0164. The van der Waals surface area contributed by atoms with Gasteiger partial charge in [-0.15, -0.1) is 11.3 Å². The summed E-state index contributed by atoms with van der Waals surface area (Å²) in [5, 5.41) is 7.41. The number of para-hydroxylation sites is 2. The zero-order valence-corrected chi connectivity index (χ0v) is 36.4. The van der Waals surface area contributed by atoms with Crippen molar-refractivity contribution in [2.75, 3.05) is 4.90 Å². The standard InChI is InChI=1S/C61H40N2OS/c1-39-15-31-56-52(35-39)53-36-43(22-32-57(53)63(56)46-9-3-2-4-10-46)40-16-25-47(26-17-40)62(48-27-18-41(19-28-48)44-23-33-59-54(37-44)50-11-5-7-13-58(50)64-59)49-29-20-42(21-30-49)45-24-34-61-55(38-45)51-12-6-8-14-60(51)65-61/h2-38H,1H3. The van der Waals surface area contributed by atoms with Crippen molar-refractivity contribution in [3.8, 4) is 39.1 Å². The van der Waals surface area contributed by atoms with Gasteiger partial charge < -0.3 is 13.9 Å². The number of anilines is 3.